The predicted molar refractivity (Wildman–Crippen MR) is 58.5 cm³/mol. The van der Waals surface area contributed by atoms with Gasteiger partial charge in [0.25, 0.3) is 0 Å². The molecule has 15 heavy (non-hydrogen) atoms. The summed E-state index contributed by atoms with van der Waals surface area (Å²) < 4.78 is 1.66. The summed E-state index contributed by atoms with van der Waals surface area (Å²) >= 11 is 5.90. The first-order valence-electron chi connectivity index (χ1n) is 4.54. The van der Waals surface area contributed by atoms with Crippen LogP contribution < -0.4 is 5.73 Å². The normalized spacial score (nSPS) is 12.7. The summed E-state index contributed by atoms with van der Waals surface area (Å²) in [6, 6.07) is 7.23. The molecule has 1 heterocycles. The Morgan fingerprint density at radius 2 is 2.27 bits per heavy atom. The molecule has 1 aromatic heterocycles. The maximum Gasteiger partial charge on any atom is 0.0796 e. The Labute approximate surface area is 92.7 Å². The van der Waals surface area contributed by atoms with Crippen molar-refractivity contribution in [3.8, 4) is 0 Å². The lowest BCUT2D eigenvalue weighted by Gasteiger charge is -2.11. The van der Waals surface area contributed by atoms with Crippen LogP contribution in [0.3, 0.4) is 0 Å². The fourth-order valence-electron chi connectivity index (χ4n) is 1.45. The van der Waals surface area contributed by atoms with E-state index in [1.54, 1.807) is 10.9 Å². The quantitative estimate of drug-likeness (QED) is 0.838. The van der Waals surface area contributed by atoms with Crippen molar-refractivity contribution in [2.75, 3.05) is 0 Å². The lowest BCUT2D eigenvalue weighted by atomic mass is 10.1. The summed E-state index contributed by atoms with van der Waals surface area (Å²) in [4.78, 5) is 0. The lowest BCUT2D eigenvalue weighted by Crippen LogP contribution is -2.15. The van der Waals surface area contributed by atoms with E-state index in [-0.39, 0.29) is 6.04 Å². The van der Waals surface area contributed by atoms with E-state index in [4.69, 9.17) is 17.3 Å². The molecule has 0 aliphatic carbocycles. The molecule has 0 spiro atoms. The van der Waals surface area contributed by atoms with Gasteiger partial charge in [0, 0.05) is 12.1 Å². The zero-order chi connectivity index (χ0) is 10.8. The number of nitrogens with zero attached hydrogens (tertiary/aromatic N) is 3. The third-order valence-electron chi connectivity index (χ3n) is 2.28. The smallest absolute Gasteiger partial charge is 0.0796 e. The third kappa shape index (κ3) is 2.00. The average Bonchev–Trinajstić information content (AvgIpc) is 2.63. The van der Waals surface area contributed by atoms with Crippen LogP contribution in [0, 0.1) is 0 Å². The fourth-order valence-corrected chi connectivity index (χ4v) is 1.65. The number of aromatic nitrogens is 3. The molecule has 1 aromatic carbocycles. The van der Waals surface area contributed by atoms with Gasteiger partial charge in [0.15, 0.2) is 0 Å². The van der Waals surface area contributed by atoms with E-state index in [1.165, 1.54) is 0 Å². The number of halogens is 1. The van der Waals surface area contributed by atoms with Crippen molar-refractivity contribution in [3.05, 3.63) is 46.7 Å². The molecule has 78 valence electrons. The van der Waals surface area contributed by atoms with Gasteiger partial charge in [-0.3, -0.25) is 4.68 Å². The highest BCUT2D eigenvalue weighted by molar-refractivity contribution is 6.30. The van der Waals surface area contributed by atoms with Crippen molar-refractivity contribution in [1.82, 2.24) is 15.0 Å². The highest BCUT2D eigenvalue weighted by atomic mass is 35.5. The van der Waals surface area contributed by atoms with E-state index < -0.39 is 0 Å². The molecular weight excluding hydrogens is 212 g/mol. The first-order valence-corrected chi connectivity index (χ1v) is 4.92. The molecule has 1 unspecified atom stereocenters. The topological polar surface area (TPSA) is 56.7 Å². The minimum Gasteiger partial charge on any atom is -0.319 e. The molecule has 0 saturated carbocycles. The van der Waals surface area contributed by atoms with Crippen molar-refractivity contribution < 1.29 is 0 Å². The molecule has 4 nitrogen and oxygen atoms in total. The van der Waals surface area contributed by atoms with E-state index in [1.807, 2.05) is 31.3 Å². The van der Waals surface area contributed by atoms with Crippen LogP contribution in [0.1, 0.15) is 17.3 Å². The van der Waals surface area contributed by atoms with Gasteiger partial charge >= 0.3 is 0 Å². The second-order valence-corrected chi connectivity index (χ2v) is 3.75. The molecule has 5 heteroatoms. The highest BCUT2D eigenvalue weighted by Gasteiger charge is 2.13. The maximum absolute atomic E-state index is 6.07. The Morgan fingerprint density at radius 3 is 2.87 bits per heavy atom. The van der Waals surface area contributed by atoms with Crippen molar-refractivity contribution in [3.63, 3.8) is 0 Å². The fraction of sp³-hybridized carbons (Fsp3) is 0.200. The minimum atomic E-state index is -0.247. The second-order valence-electron chi connectivity index (χ2n) is 3.32. The Kier molecular flexibility index (Phi) is 2.70. The van der Waals surface area contributed by atoms with Crippen molar-refractivity contribution in [2.24, 2.45) is 12.8 Å². The summed E-state index contributed by atoms with van der Waals surface area (Å²) in [6.45, 7) is 0. The molecule has 0 aliphatic heterocycles. The first kappa shape index (κ1) is 10.1. The van der Waals surface area contributed by atoms with Crippen LogP contribution in [0.25, 0.3) is 0 Å². The Bertz CT molecular complexity index is 466. The largest absolute Gasteiger partial charge is 0.319 e. The number of hydrogen-bond acceptors (Lipinski definition) is 3. The van der Waals surface area contributed by atoms with Crippen LogP contribution in [0.5, 0.6) is 0 Å². The molecule has 0 aliphatic rings. The molecule has 2 rings (SSSR count). The van der Waals surface area contributed by atoms with Gasteiger partial charge in [0.2, 0.25) is 0 Å². The molecule has 0 amide bonds. The van der Waals surface area contributed by atoms with Gasteiger partial charge in [-0.05, 0) is 17.7 Å². The standard InChI is InChI=1S/C10H11ClN4/c1-15-9(6-13-14-15)10(12)7-3-2-4-8(11)5-7/h2-6,10H,12H2,1H3. The SMILES string of the molecule is Cn1nncc1C(N)c1cccc(Cl)c1. The van der Waals surface area contributed by atoms with Crippen LogP contribution in [-0.2, 0) is 7.05 Å². The van der Waals surface area contributed by atoms with Crippen molar-refractivity contribution in [2.45, 2.75) is 6.04 Å². The molecule has 1 atom stereocenters. The van der Waals surface area contributed by atoms with E-state index >= 15 is 0 Å². The highest BCUT2D eigenvalue weighted by Crippen LogP contribution is 2.20. The van der Waals surface area contributed by atoms with Crippen LogP contribution in [0.15, 0.2) is 30.5 Å². The van der Waals surface area contributed by atoms with Crippen LogP contribution in [0.2, 0.25) is 5.02 Å². The summed E-state index contributed by atoms with van der Waals surface area (Å²) in [5.41, 5.74) is 7.88. The maximum atomic E-state index is 6.07. The minimum absolute atomic E-state index is 0.247. The summed E-state index contributed by atoms with van der Waals surface area (Å²) in [5.74, 6) is 0. The average molecular weight is 223 g/mol. The number of benzene rings is 1. The van der Waals surface area contributed by atoms with Crippen molar-refractivity contribution in [1.29, 1.82) is 0 Å². The van der Waals surface area contributed by atoms with E-state index in [0.717, 1.165) is 11.3 Å². The molecule has 0 radical (unpaired) electrons. The number of hydrogen-bond donors (Lipinski definition) is 1. The van der Waals surface area contributed by atoms with Crippen LogP contribution >= 0.6 is 11.6 Å². The third-order valence-corrected chi connectivity index (χ3v) is 2.51. The molecule has 0 fully saturated rings. The Hall–Kier alpha value is -1.39. The molecule has 0 bridgehead atoms. The van der Waals surface area contributed by atoms with Gasteiger partial charge in [-0.2, -0.15) is 0 Å². The van der Waals surface area contributed by atoms with Gasteiger partial charge in [-0.25, -0.2) is 0 Å². The van der Waals surface area contributed by atoms with Crippen LogP contribution in [-0.4, -0.2) is 15.0 Å². The number of rotatable bonds is 2. The van der Waals surface area contributed by atoms with E-state index in [2.05, 4.69) is 10.3 Å². The Morgan fingerprint density at radius 1 is 1.47 bits per heavy atom. The summed E-state index contributed by atoms with van der Waals surface area (Å²) in [7, 11) is 1.81. The monoisotopic (exact) mass is 222 g/mol. The number of nitrogens with two attached hydrogens (primary N) is 1. The summed E-state index contributed by atoms with van der Waals surface area (Å²) in [6.07, 6.45) is 1.66. The predicted octanol–water partition coefficient (Wildman–Crippen LogP) is 1.52. The van der Waals surface area contributed by atoms with Gasteiger partial charge in [-0.1, -0.05) is 28.9 Å². The summed E-state index contributed by atoms with van der Waals surface area (Å²) in [5, 5.41) is 8.31. The first-order chi connectivity index (χ1) is 7.18. The van der Waals surface area contributed by atoms with Gasteiger partial charge in [-0.15, -0.1) is 5.10 Å². The zero-order valence-corrected chi connectivity index (χ0v) is 9.02. The van der Waals surface area contributed by atoms with Crippen molar-refractivity contribution >= 4 is 11.6 Å². The molecular formula is C10H11ClN4. The number of aryl methyl sites for hydroxylation is 1. The zero-order valence-electron chi connectivity index (χ0n) is 8.26. The van der Waals surface area contributed by atoms with Gasteiger partial charge in [0.1, 0.15) is 0 Å². The molecule has 2 N–H and O–H groups in total. The lowest BCUT2D eigenvalue weighted by molar-refractivity contribution is 0.651. The molecule has 2 aromatic rings. The Balaban J connectivity index is 2.36. The van der Waals surface area contributed by atoms with E-state index in [0.29, 0.717) is 5.02 Å². The second kappa shape index (κ2) is 4.00. The van der Waals surface area contributed by atoms with Gasteiger partial charge in [0.05, 0.1) is 17.9 Å². The van der Waals surface area contributed by atoms with E-state index in [9.17, 15) is 0 Å². The molecule has 0 saturated heterocycles. The van der Waals surface area contributed by atoms with Gasteiger partial charge < -0.3 is 5.73 Å². The van der Waals surface area contributed by atoms with Crippen LogP contribution in [0.4, 0.5) is 0 Å².